The zero-order valence-corrected chi connectivity index (χ0v) is 12.7. The lowest BCUT2D eigenvalue weighted by Gasteiger charge is -2.23. The summed E-state index contributed by atoms with van der Waals surface area (Å²) in [7, 11) is 2.02. The van der Waals surface area contributed by atoms with E-state index in [1.807, 2.05) is 17.9 Å². The van der Waals surface area contributed by atoms with Crippen LogP contribution in [0.5, 0.6) is 0 Å². The molecule has 0 saturated carbocycles. The first-order valence-electron chi connectivity index (χ1n) is 7.35. The molecule has 3 nitrogen and oxygen atoms in total. The van der Waals surface area contributed by atoms with Crippen LogP contribution in [-0.4, -0.2) is 16.3 Å². The highest BCUT2D eigenvalue weighted by Gasteiger charge is 2.19. The molecule has 1 atom stereocenters. The molecule has 1 unspecified atom stereocenters. The van der Waals surface area contributed by atoms with E-state index in [2.05, 4.69) is 38.1 Å². The van der Waals surface area contributed by atoms with Gasteiger partial charge < -0.3 is 5.32 Å². The average Bonchev–Trinajstić information content (AvgIpc) is 2.71. The molecule has 0 aromatic carbocycles. The van der Waals surface area contributed by atoms with Gasteiger partial charge in [0.25, 0.3) is 0 Å². The second kappa shape index (κ2) is 7.57. The number of aromatic nitrogens is 2. The first kappa shape index (κ1) is 15.2. The number of nitrogens with zero attached hydrogens (tertiary/aromatic N) is 2. The Bertz CT molecular complexity index is 340. The van der Waals surface area contributed by atoms with E-state index in [9.17, 15) is 0 Å². The van der Waals surface area contributed by atoms with Crippen LogP contribution in [0.4, 0.5) is 0 Å². The molecule has 0 aliphatic heterocycles. The SMILES string of the molecule is CCCNC(CC(CC)CC)c1cnn(C)c1C. The summed E-state index contributed by atoms with van der Waals surface area (Å²) < 4.78 is 1.98. The monoisotopic (exact) mass is 251 g/mol. The fourth-order valence-electron chi connectivity index (χ4n) is 2.45. The van der Waals surface area contributed by atoms with E-state index in [0.29, 0.717) is 6.04 Å². The standard InChI is InChI=1S/C15H29N3/c1-6-9-16-15(10-13(7-2)8-3)14-11-17-18(5)12(14)4/h11,13,15-16H,6-10H2,1-5H3. The molecule has 0 saturated heterocycles. The first-order chi connectivity index (χ1) is 8.63. The molecule has 0 aliphatic rings. The van der Waals surface area contributed by atoms with E-state index in [0.717, 1.165) is 12.5 Å². The van der Waals surface area contributed by atoms with Crippen molar-refractivity contribution in [2.24, 2.45) is 13.0 Å². The summed E-state index contributed by atoms with van der Waals surface area (Å²) in [6, 6.07) is 0.462. The second-order valence-electron chi connectivity index (χ2n) is 5.23. The third kappa shape index (κ3) is 3.84. The minimum atomic E-state index is 0.462. The molecular formula is C15H29N3. The second-order valence-corrected chi connectivity index (χ2v) is 5.23. The summed E-state index contributed by atoms with van der Waals surface area (Å²) in [5.41, 5.74) is 2.66. The van der Waals surface area contributed by atoms with Crippen LogP contribution >= 0.6 is 0 Å². The predicted molar refractivity (Wildman–Crippen MR) is 77.7 cm³/mol. The lowest BCUT2D eigenvalue weighted by atomic mass is 9.91. The molecule has 1 aromatic heterocycles. The summed E-state index contributed by atoms with van der Waals surface area (Å²) >= 11 is 0. The van der Waals surface area contributed by atoms with Gasteiger partial charge in [-0.25, -0.2) is 0 Å². The Hall–Kier alpha value is -0.830. The zero-order chi connectivity index (χ0) is 13.5. The van der Waals surface area contributed by atoms with E-state index in [4.69, 9.17) is 0 Å². The van der Waals surface area contributed by atoms with E-state index < -0.39 is 0 Å². The molecule has 0 spiro atoms. The third-order valence-corrected chi connectivity index (χ3v) is 4.01. The maximum atomic E-state index is 4.38. The normalized spacial score (nSPS) is 13.2. The van der Waals surface area contributed by atoms with Crippen molar-refractivity contribution in [3.63, 3.8) is 0 Å². The van der Waals surface area contributed by atoms with Crippen LogP contribution in [0.15, 0.2) is 6.20 Å². The fraction of sp³-hybridized carbons (Fsp3) is 0.800. The fourth-order valence-corrected chi connectivity index (χ4v) is 2.45. The van der Waals surface area contributed by atoms with Crippen molar-refractivity contribution in [3.8, 4) is 0 Å². The highest BCUT2D eigenvalue weighted by molar-refractivity contribution is 5.20. The van der Waals surface area contributed by atoms with Crippen LogP contribution in [0.3, 0.4) is 0 Å². The Labute approximate surface area is 112 Å². The molecule has 0 fully saturated rings. The smallest absolute Gasteiger partial charge is 0.0540 e. The van der Waals surface area contributed by atoms with Crippen molar-refractivity contribution in [1.82, 2.24) is 15.1 Å². The van der Waals surface area contributed by atoms with E-state index in [1.165, 1.54) is 36.9 Å². The Kier molecular flexibility index (Phi) is 6.41. The maximum Gasteiger partial charge on any atom is 0.0540 e. The number of nitrogens with one attached hydrogen (secondary N) is 1. The van der Waals surface area contributed by atoms with Crippen molar-refractivity contribution < 1.29 is 0 Å². The molecule has 18 heavy (non-hydrogen) atoms. The van der Waals surface area contributed by atoms with Crippen molar-refractivity contribution in [2.75, 3.05) is 6.54 Å². The third-order valence-electron chi connectivity index (χ3n) is 4.01. The van der Waals surface area contributed by atoms with E-state index in [-0.39, 0.29) is 0 Å². The Morgan fingerprint density at radius 2 is 1.94 bits per heavy atom. The molecular weight excluding hydrogens is 222 g/mol. The Morgan fingerprint density at radius 1 is 1.28 bits per heavy atom. The summed E-state index contributed by atoms with van der Waals surface area (Å²) in [5.74, 6) is 0.805. The van der Waals surface area contributed by atoms with Crippen molar-refractivity contribution >= 4 is 0 Å². The van der Waals surface area contributed by atoms with Crippen LogP contribution < -0.4 is 5.32 Å². The summed E-state index contributed by atoms with van der Waals surface area (Å²) in [6.45, 7) is 10.1. The van der Waals surface area contributed by atoms with Crippen LogP contribution in [-0.2, 0) is 7.05 Å². The molecule has 0 bridgehead atoms. The molecule has 1 rings (SSSR count). The Balaban J connectivity index is 2.80. The highest BCUT2D eigenvalue weighted by Crippen LogP contribution is 2.27. The van der Waals surface area contributed by atoms with Crippen molar-refractivity contribution in [2.45, 2.75) is 59.4 Å². The number of aryl methyl sites for hydroxylation is 1. The van der Waals surface area contributed by atoms with Crippen LogP contribution in [0.2, 0.25) is 0 Å². The van der Waals surface area contributed by atoms with E-state index in [1.54, 1.807) is 0 Å². The molecule has 0 aliphatic carbocycles. The van der Waals surface area contributed by atoms with Crippen LogP contribution in [0, 0.1) is 12.8 Å². The largest absolute Gasteiger partial charge is 0.310 e. The van der Waals surface area contributed by atoms with Gasteiger partial charge in [-0.05, 0) is 32.2 Å². The minimum absolute atomic E-state index is 0.462. The average molecular weight is 251 g/mol. The van der Waals surface area contributed by atoms with E-state index >= 15 is 0 Å². The summed E-state index contributed by atoms with van der Waals surface area (Å²) in [4.78, 5) is 0. The molecule has 0 radical (unpaired) electrons. The number of hydrogen-bond acceptors (Lipinski definition) is 2. The molecule has 104 valence electrons. The number of hydrogen-bond donors (Lipinski definition) is 1. The van der Waals surface area contributed by atoms with Crippen LogP contribution in [0.1, 0.15) is 63.8 Å². The molecule has 1 aromatic rings. The molecule has 1 N–H and O–H groups in total. The molecule has 0 amide bonds. The maximum absolute atomic E-state index is 4.38. The van der Waals surface area contributed by atoms with Gasteiger partial charge in [-0.3, -0.25) is 4.68 Å². The Morgan fingerprint density at radius 3 is 2.39 bits per heavy atom. The van der Waals surface area contributed by atoms with Gasteiger partial charge in [0.15, 0.2) is 0 Å². The topological polar surface area (TPSA) is 29.9 Å². The minimum Gasteiger partial charge on any atom is -0.310 e. The lowest BCUT2D eigenvalue weighted by molar-refractivity contribution is 0.370. The zero-order valence-electron chi connectivity index (χ0n) is 12.7. The summed E-state index contributed by atoms with van der Waals surface area (Å²) in [5, 5.41) is 8.07. The van der Waals surface area contributed by atoms with Gasteiger partial charge in [-0.15, -0.1) is 0 Å². The van der Waals surface area contributed by atoms with Gasteiger partial charge in [-0.1, -0.05) is 33.6 Å². The highest BCUT2D eigenvalue weighted by atomic mass is 15.3. The van der Waals surface area contributed by atoms with Gasteiger partial charge in [0, 0.05) is 24.3 Å². The molecule has 1 heterocycles. The summed E-state index contributed by atoms with van der Waals surface area (Å²) in [6.07, 6.45) is 6.96. The predicted octanol–water partition coefficient (Wildman–Crippen LogP) is 3.60. The van der Waals surface area contributed by atoms with Gasteiger partial charge in [0.05, 0.1) is 6.20 Å². The molecule has 3 heteroatoms. The van der Waals surface area contributed by atoms with Crippen molar-refractivity contribution in [1.29, 1.82) is 0 Å². The lowest BCUT2D eigenvalue weighted by Crippen LogP contribution is -2.25. The first-order valence-corrected chi connectivity index (χ1v) is 7.35. The van der Waals surface area contributed by atoms with Gasteiger partial charge in [0.2, 0.25) is 0 Å². The number of rotatable bonds is 8. The van der Waals surface area contributed by atoms with Crippen molar-refractivity contribution in [3.05, 3.63) is 17.5 Å². The quantitative estimate of drug-likeness (QED) is 0.765. The van der Waals surface area contributed by atoms with Crippen LogP contribution in [0.25, 0.3) is 0 Å². The van der Waals surface area contributed by atoms with Gasteiger partial charge in [-0.2, -0.15) is 5.10 Å². The van der Waals surface area contributed by atoms with Gasteiger partial charge in [0.1, 0.15) is 0 Å². The van der Waals surface area contributed by atoms with Gasteiger partial charge >= 0.3 is 0 Å².